The number of benzene rings is 7. The van der Waals surface area contributed by atoms with Gasteiger partial charge in [-0.05, 0) is 79.7 Å². The van der Waals surface area contributed by atoms with Gasteiger partial charge >= 0.3 is 0 Å². The third-order valence-electron chi connectivity index (χ3n) is 9.61. The summed E-state index contributed by atoms with van der Waals surface area (Å²) in [6.07, 6.45) is 0. The molecule has 0 aliphatic heterocycles. The first-order chi connectivity index (χ1) is 24.7. The number of hydrogen-bond donors (Lipinski definition) is 0. The van der Waals surface area contributed by atoms with Gasteiger partial charge in [-0.2, -0.15) is 5.26 Å². The highest BCUT2D eigenvalue weighted by molar-refractivity contribution is 7.20. The molecule has 50 heavy (non-hydrogen) atoms. The van der Waals surface area contributed by atoms with Crippen molar-refractivity contribution >= 4 is 62.0 Å². The monoisotopic (exact) mass is 652 g/mol. The largest absolute Gasteiger partial charge is 0.309 e. The Hall–Kier alpha value is -6.97. The zero-order valence-corrected chi connectivity index (χ0v) is 28.0. The fourth-order valence-electron chi connectivity index (χ4n) is 7.49. The van der Waals surface area contributed by atoms with Crippen LogP contribution in [0, 0.1) is 24.5 Å². The van der Waals surface area contributed by atoms with E-state index in [9.17, 15) is 5.26 Å². The van der Waals surface area contributed by atoms with Crippen LogP contribution in [0.3, 0.4) is 0 Å². The van der Waals surface area contributed by atoms with Crippen molar-refractivity contribution in [3.05, 3.63) is 198 Å². The Balaban J connectivity index is 1.39. The van der Waals surface area contributed by atoms with Gasteiger partial charge in [-0.1, -0.05) is 127 Å². The third-order valence-corrected chi connectivity index (χ3v) is 14.4. The summed E-state index contributed by atoms with van der Waals surface area (Å²) in [6, 6.07) is 60.6. The van der Waals surface area contributed by atoms with Crippen LogP contribution >= 0.6 is 0 Å². The lowest BCUT2D eigenvalue weighted by Gasteiger charge is -2.36. The molecule has 5 heteroatoms. The van der Waals surface area contributed by atoms with Crippen molar-refractivity contribution in [2.45, 2.75) is 0 Å². The lowest BCUT2D eigenvalue weighted by atomic mass is 10.0. The summed E-state index contributed by atoms with van der Waals surface area (Å²) in [7, 11) is -2.93. The minimum Gasteiger partial charge on any atom is -0.309 e. The molecule has 0 radical (unpaired) electrons. The quantitative estimate of drug-likeness (QED) is 0.101. The van der Waals surface area contributed by atoms with Crippen LogP contribution in [0.15, 0.2) is 170 Å². The van der Waals surface area contributed by atoms with Gasteiger partial charge in [0.25, 0.3) is 0 Å². The molecule has 0 spiro atoms. The molecule has 0 N–H and O–H groups in total. The molecule has 8 rings (SSSR count). The second kappa shape index (κ2) is 12.6. The van der Waals surface area contributed by atoms with Gasteiger partial charge in [-0.3, -0.25) is 0 Å². The average molecular weight is 653 g/mol. The van der Waals surface area contributed by atoms with Gasteiger partial charge in [-0.25, -0.2) is 9.69 Å². The number of aromatic nitrogens is 1. The molecule has 0 bridgehead atoms. The average Bonchev–Trinajstić information content (AvgIpc) is 3.52. The van der Waals surface area contributed by atoms with E-state index in [2.05, 4.69) is 142 Å². The van der Waals surface area contributed by atoms with Crippen molar-refractivity contribution < 1.29 is 0 Å². The van der Waals surface area contributed by atoms with E-state index in [1.54, 1.807) is 0 Å². The SMILES string of the molecule is [C-]#[N+]c1ccc2c(c1)c1cc(C#N)ccc1n2-c1ccc(-c2c([N+]#[C-])cccc2[Si](c2ccccc2)(c2ccccc2)c2ccccc2)cc1. The minimum absolute atomic E-state index is 0.556. The molecule has 0 saturated heterocycles. The predicted molar refractivity (Wildman–Crippen MR) is 207 cm³/mol. The van der Waals surface area contributed by atoms with E-state index in [1.807, 2.05) is 48.5 Å². The summed E-state index contributed by atoms with van der Waals surface area (Å²) < 4.78 is 2.18. The van der Waals surface area contributed by atoms with Gasteiger partial charge in [0.05, 0.1) is 35.8 Å². The molecule has 1 aromatic heterocycles. The van der Waals surface area contributed by atoms with E-state index in [4.69, 9.17) is 13.1 Å². The van der Waals surface area contributed by atoms with Gasteiger partial charge in [0, 0.05) is 11.1 Å². The van der Waals surface area contributed by atoms with Gasteiger partial charge in [0.1, 0.15) is 0 Å². The smallest absolute Gasteiger partial charge is 0.194 e. The molecule has 0 unspecified atom stereocenters. The van der Waals surface area contributed by atoms with Crippen LogP contribution in [0.25, 0.3) is 48.3 Å². The van der Waals surface area contributed by atoms with Crippen LogP contribution in [-0.2, 0) is 0 Å². The summed E-state index contributed by atoms with van der Waals surface area (Å²) in [5.41, 5.74) is 6.53. The maximum Gasteiger partial charge on any atom is 0.194 e. The fraction of sp³-hybridized carbons (Fsp3) is 0. The van der Waals surface area contributed by atoms with Gasteiger partial charge in [0.15, 0.2) is 19.4 Å². The maximum atomic E-state index is 9.65. The van der Waals surface area contributed by atoms with Gasteiger partial charge in [0.2, 0.25) is 0 Å². The first-order valence-corrected chi connectivity index (χ1v) is 18.3. The molecular weight excluding hydrogens is 625 g/mol. The highest BCUT2D eigenvalue weighted by Crippen LogP contribution is 2.37. The Labute approximate surface area is 292 Å². The molecule has 1 heterocycles. The summed E-state index contributed by atoms with van der Waals surface area (Å²) in [6.45, 7) is 15.9. The van der Waals surface area contributed by atoms with E-state index in [0.29, 0.717) is 16.9 Å². The highest BCUT2D eigenvalue weighted by atomic mass is 28.3. The van der Waals surface area contributed by atoms with E-state index in [1.165, 1.54) is 15.6 Å². The molecule has 0 amide bonds. The standard InChI is InChI=1S/C45H28N4Si/c1-47-34-24-28-43-40(30-34)39-29-32(31-46)21-27-42(39)49(43)35-25-22-33(23-26-35)45-41(48-2)19-12-20-44(45)50(36-13-6-3-7-14-36,37-15-8-4-9-16-37)38-17-10-5-11-18-38/h3-30H. The zero-order chi connectivity index (χ0) is 34.1. The number of fused-ring (bicyclic) bond motifs is 3. The first kappa shape index (κ1) is 30.4. The van der Waals surface area contributed by atoms with Crippen molar-refractivity contribution in [2.75, 3.05) is 0 Å². The summed E-state index contributed by atoms with van der Waals surface area (Å²) >= 11 is 0. The Bertz CT molecular complexity index is 2490. The van der Waals surface area contributed by atoms with Crippen LogP contribution in [0.2, 0.25) is 0 Å². The third kappa shape index (κ3) is 4.80. The van der Waals surface area contributed by atoms with Crippen LogP contribution < -0.4 is 20.7 Å². The molecule has 0 aliphatic carbocycles. The van der Waals surface area contributed by atoms with Crippen LogP contribution in [-0.4, -0.2) is 12.6 Å². The second-order valence-electron chi connectivity index (χ2n) is 12.2. The molecule has 0 aliphatic rings. The predicted octanol–water partition coefficient (Wildman–Crippen LogP) is 8.80. The Morgan fingerprint density at radius 1 is 0.540 bits per heavy atom. The van der Waals surface area contributed by atoms with Crippen molar-refractivity contribution in [1.29, 1.82) is 5.26 Å². The van der Waals surface area contributed by atoms with Crippen LogP contribution in [0.4, 0.5) is 11.4 Å². The Morgan fingerprint density at radius 3 is 1.64 bits per heavy atom. The van der Waals surface area contributed by atoms with Crippen LogP contribution in [0.1, 0.15) is 5.56 Å². The summed E-state index contributed by atoms with van der Waals surface area (Å²) in [5, 5.41) is 16.4. The van der Waals surface area contributed by atoms with Crippen LogP contribution in [0.5, 0.6) is 0 Å². The van der Waals surface area contributed by atoms with E-state index < -0.39 is 8.07 Å². The van der Waals surface area contributed by atoms with Crippen molar-refractivity contribution in [3.63, 3.8) is 0 Å². The molecule has 0 atom stereocenters. The lowest BCUT2D eigenvalue weighted by molar-refractivity contribution is 1.18. The Morgan fingerprint density at radius 2 is 1.10 bits per heavy atom. The van der Waals surface area contributed by atoms with Crippen molar-refractivity contribution in [2.24, 2.45) is 0 Å². The molecule has 8 aromatic rings. The zero-order valence-electron chi connectivity index (χ0n) is 27.0. The first-order valence-electron chi connectivity index (χ1n) is 16.3. The molecule has 0 fully saturated rings. The maximum absolute atomic E-state index is 9.65. The van der Waals surface area contributed by atoms with E-state index in [0.717, 1.165) is 43.8 Å². The van der Waals surface area contributed by atoms with Gasteiger partial charge < -0.3 is 4.57 Å². The highest BCUT2D eigenvalue weighted by Gasteiger charge is 2.43. The van der Waals surface area contributed by atoms with E-state index in [-0.39, 0.29) is 0 Å². The fourth-order valence-corrected chi connectivity index (χ4v) is 12.5. The topological polar surface area (TPSA) is 37.4 Å². The molecular formula is C45H28N4Si. The molecule has 0 saturated carbocycles. The van der Waals surface area contributed by atoms with Crippen molar-refractivity contribution in [1.82, 2.24) is 4.57 Å². The lowest BCUT2D eigenvalue weighted by Crippen LogP contribution is -2.75. The number of nitriles is 1. The Kier molecular flexibility index (Phi) is 7.63. The normalized spacial score (nSPS) is 11.1. The van der Waals surface area contributed by atoms with Gasteiger partial charge in [-0.15, -0.1) is 0 Å². The number of rotatable bonds is 6. The minimum atomic E-state index is -2.93. The number of nitrogens with zero attached hydrogens (tertiary/aromatic N) is 4. The number of hydrogen-bond acceptors (Lipinski definition) is 1. The summed E-state index contributed by atoms with van der Waals surface area (Å²) in [4.78, 5) is 7.77. The van der Waals surface area contributed by atoms with Crippen molar-refractivity contribution in [3.8, 4) is 22.9 Å². The molecule has 7 aromatic carbocycles. The second-order valence-corrected chi connectivity index (χ2v) is 16.0. The molecule has 4 nitrogen and oxygen atoms in total. The van der Waals surface area contributed by atoms with E-state index >= 15 is 0 Å². The molecule has 232 valence electrons. The summed E-state index contributed by atoms with van der Waals surface area (Å²) in [5.74, 6) is 0.